The first kappa shape index (κ1) is 16.5. The van der Waals surface area contributed by atoms with Gasteiger partial charge in [0.1, 0.15) is 0 Å². The van der Waals surface area contributed by atoms with Gasteiger partial charge in [-0.05, 0) is 37.4 Å². The third kappa shape index (κ3) is 3.95. The summed E-state index contributed by atoms with van der Waals surface area (Å²) in [5.41, 5.74) is 1.05. The van der Waals surface area contributed by atoms with E-state index in [1.807, 2.05) is 25.3 Å². The van der Waals surface area contributed by atoms with Crippen LogP contribution in [0.3, 0.4) is 0 Å². The number of hydrogen-bond acceptors (Lipinski definition) is 2. The number of ether oxygens (including phenoxy) is 1. The van der Waals surface area contributed by atoms with Gasteiger partial charge in [-0.3, -0.25) is 0 Å². The number of methoxy groups -OCH3 is 1. The van der Waals surface area contributed by atoms with Gasteiger partial charge in [-0.1, -0.05) is 50.6 Å². The number of nitrogens with one attached hydrogen (secondary N) is 1. The number of rotatable bonds is 8. The molecule has 1 rings (SSSR count). The molecule has 19 heavy (non-hydrogen) atoms. The first-order valence-corrected chi connectivity index (χ1v) is 7.53. The predicted octanol–water partition coefficient (Wildman–Crippen LogP) is 4.07. The fourth-order valence-electron chi connectivity index (χ4n) is 2.75. The van der Waals surface area contributed by atoms with Crippen molar-refractivity contribution in [3.63, 3.8) is 0 Å². The molecule has 1 N–H and O–H groups in total. The van der Waals surface area contributed by atoms with Gasteiger partial charge in [0.25, 0.3) is 0 Å². The van der Waals surface area contributed by atoms with Crippen molar-refractivity contribution in [2.45, 2.75) is 51.7 Å². The topological polar surface area (TPSA) is 21.3 Å². The van der Waals surface area contributed by atoms with Gasteiger partial charge >= 0.3 is 0 Å². The molecule has 0 aliphatic heterocycles. The van der Waals surface area contributed by atoms with Crippen molar-refractivity contribution in [1.82, 2.24) is 5.32 Å². The second kappa shape index (κ2) is 7.88. The van der Waals surface area contributed by atoms with E-state index in [0.717, 1.165) is 30.8 Å². The van der Waals surface area contributed by atoms with E-state index in [2.05, 4.69) is 32.2 Å². The van der Waals surface area contributed by atoms with E-state index < -0.39 is 0 Å². The Bertz CT molecular complexity index is 369. The van der Waals surface area contributed by atoms with Gasteiger partial charge in [-0.15, -0.1) is 0 Å². The van der Waals surface area contributed by atoms with Crippen LogP contribution in [0.2, 0.25) is 5.02 Å². The van der Waals surface area contributed by atoms with Crippen LogP contribution in [0.1, 0.15) is 39.2 Å². The highest BCUT2D eigenvalue weighted by atomic mass is 35.5. The molecular weight excluding hydrogens is 258 g/mol. The molecule has 1 aromatic carbocycles. The van der Waals surface area contributed by atoms with Crippen LogP contribution in [0.5, 0.6) is 0 Å². The molecule has 0 spiro atoms. The molecule has 1 aromatic rings. The lowest BCUT2D eigenvalue weighted by molar-refractivity contribution is -0.0468. The predicted molar refractivity (Wildman–Crippen MR) is 82.9 cm³/mol. The average Bonchev–Trinajstić information content (AvgIpc) is 2.44. The number of halogens is 1. The minimum absolute atomic E-state index is 0.130. The molecule has 0 radical (unpaired) electrons. The summed E-state index contributed by atoms with van der Waals surface area (Å²) in [4.78, 5) is 0. The Morgan fingerprint density at radius 3 is 2.32 bits per heavy atom. The van der Waals surface area contributed by atoms with Gasteiger partial charge < -0.3 is 10.1 Å². The van der Waals surface area contributed by atoms with Crippen molar-refractivity contribution in [2.75, 3.05) is 13.7 Å². The Morgan fingerprint density at radius 2 is 1.84 bits per heavy atom. The summed E-state index contributed by atoms with van der Waals surface area (Å²) in [6, 6.07) is 8.33. The van der Waals surface area contributed by atoms with Gasteiger partial charge in [0, 0.05) is 18.2 Å². The third-order valence-electron chi connectivity index (χ3n) is 4.07. The molecular formula is C16H26ClNO. The van der Waals surface area contributed by atoms with Crippen LogP contribution in [0.25, 0.3) is 0 Å². The van der Waals surface area contributed by atoms with Crippen molar-refractivity contribution in [1.29, 1.82) is 0 Å². The van der Waals surface area contributed by atoms with Crippen LogP contribution in [0, 0.1) is 0 Å². The van der Waals surface area contributed by atoms with Gasteiger partial charge in [0.05, 0.1) is 5.60 Å². The molecule has 1 atom stereocenters. The van der Waals surface area contributed by atoms with E-state index in [0.29, 0.717) is 0 Å². The second-order valence-corrected chi connectivity index (χ2v) is 5.29. The fraction of sp³-hybridized carbons (Fsp3) is 0.625. The van der Waals surface area contributed by atoms with Gasteiger partial charge in [0.15, 0.2) is 0 Å². The Hall–Kier alpha value is -0.570. The second-order valence-electron chi connectivity index (χ2n) is 4.88. The van der Waals surface area contributed by atoms with Gasteiger partial charge in [0.2, 0.25) is 0 Å². The molecule has 0 heterocycles. The maximum atomic E-state index is 6.28. The largest absolute Gasteiger partial charge is 0.377 e. The minimum atomic E-state index is -0.130. The van der Waals surface area contributed by atoms with Crippen LogP contribution < -0.4 is 5.32 Å². The summed E-state index contributed by atoms with van der Waals surface area (Å²) < 4.78 is 5.86. The summed E-state index contributed by atoms with van der Waals surface area (Å²) in [6.45, 7) is 7.43. The monoisotopic (exact) mass is 283 g/mol. The Morgan fingerprint density at radius 1 is 1.21 bits per heavy atom. The van der Waals surface area contributed by atoms with Crippen LogP contribution >= 0.6 is 11.6 Å². The fourth-order valence-corrected chi connectivity index (χ4v) is 2.96. The smallest absolute Gasteiger partial charge is 0.0828 e. The summed E-state index contributed by atoms with van der Waals surface area (Å²) in [5, 5.41) is 4.40. The van der Waals surface area contributed by atoms with Gasteiger partial charge in [-0.2, -0.15) is 0 Å². The van der Waals surface area contributed by atoms with E-state index in [1.54, 1.807) is 0 Å². The lowest BCUT2D eigenvalue weighted by Gasteiger charge is -2.39. The van der Waals surface area contributed by atoms with Crippen LogP contribution in [0.4, 0.5) is 0 Å². The molecule has 0 saturated carbocycles. The zero-order valence-corrected chi connectivity index (χ0v) is 13.3. The maximum Gasteiger partial charge on any atom is 0.0828 e. The van der Waals surface area contributed by atoms with E-state index in [-0.39, 0.29) is 11.6 Å². The zero-order valence-electron chi connectivity index (χ0n) is 12.5. The number of hydrogen-bond donors (Lipinski definition) is 1. The maximum absolute atomic E-state index is 6.28. The summed E-state index contributed by atoms with van der Waals surface area (Å²) >= 11 is 6.28. The molecule has 108 valence electrons. The lowest BCUT2D eigenvalue weighted by atomic mass is 9.84. The molecule has 3 heteroatoms. The molecule has 0 bridgehead atoms. The molecule has 0 saturated heterocycles. The average molecular weight is 284 g/mol. The first-order chi connectivity index (χ1) is 9.13. The summed E-state index contributed by atoms with van der Waals surface area (Å²) in [6.07, 6.45) is 2.87. The highest BCUT2D eigenvalue weighted by Gasteiger charge is 2.35. The van der Waals surface area contributed by atoms with E-state index >= 15 is 0 Å². The molecule has 0 fully saturated rings. The van der Waals surface area contributed by atoms with Crippen LogP contribution in [0.15, 0.2) is 24.3 Å². The highest BCUT2D eigenvalue weighted by molar-refractivity contribution is 6.31. The van der Waals surface area contributed by atoms with Crippen molar-refractivity contribution in [3.8, 4) is 0 Å². The number of benzene rings is 1. The highest BCUT2D eigenvalue weighted by Crippen LogP contribution is 2.28. The standard InChI is InChI=1S/C16H26ClNO/c1-5-16(6-2,19-4)15(18-7-3)12-13-10-8-9-11-14(13)17/h8-11,15,18H,5-7,12H2,1-4H3. The molecule has 0 aliphatic rings. The van der Waals surface area contributed by atoms with Crippen LogP contribution in [-0.4, -0.2) is 25.3 Å². The van der Waals surface area contributed by atoms with Crippen LogP contribution in [-0.2, 0) is 11.2 Å². The molecule has 1 unspecified atom stereocenters. The van der Waals surface area contributed by atoms with E-state index in [9.17, 15) is 0 Å². The van der Waals surface area contributed by atoms with E-state index in [1.165, 1.54) is 5.56 Å². The molecule has 2 nitrogen and oxygen atoms in total. The number of likely N-dealkylation sites (N-methyl/N-ethyl adjacent to an activating group) is 1. The van der Waals surface area contributed by atoms with E-state index in [4.69, 9.17) is 16.3 Å². The molecule has 0 amide bonds. The van der Waals surface area contributed by atoms with Crippen molar-refractivity contribution >= 4 is 11.6 Å². The Kier molecular flexibility index (Phi) is 6.84. The SMILES string of the molecule is CCNC(Cc1ccccc1Cl)C(CC)(CC)OC. The van der Waals surface area contributed by atoms with Gasteiger partial charge in [-0.25, -0.2) is 0 Å². The third-order valence-corrected chi connectivity index (χ3v) is 4.44. The first-order valence-electron chi connectivity index (χ1n) is 7.15. The molecule has 0 aromatic heterocycles. The molecule has 0 aliphatic carbocycles. The van der Waals surface area contributed by atoms with Crippen molar-refractivity contribution in [2.24, 2.45) is 0 Å². The Labute approximate surface area is 122 Å². The van der Waals surface area contributed by atoms with Crippen molar-refractivity contribution < 1.29 is 4.74 Å². The zero-order chi connectivity index (χ0) is 14.3. The summed E-state index contributed by atoms with van der Waals surface area (Å²) in [5.74, 6) is 0. The lowest BCUT2D eigenvalue weighted by Crippen LogP contribution is -2.52. The van der Waals surface area contributed by atoms with Crippen molar-refractivity contribution in [3.05, 3.63) is 34.9 Å². The minimum Gasteiger partial charge on any atom is -0.377 e. The normalized spacial score (nSPS) is 13.5. The summed E-state index contributed by atoms with van der Waals surface area (Å²) in [7, 11) is 1.81. The quantitative estimate of drug-likeness (QED) is 0.777. The Balaban J connectivity index is 2.97.